The topological polar surface area (TPSA) is 36.8 Å². The highest BCUT2D eigenvalue weighted by Crippen LogP contribution is 2.35. The molecule has 1 saturated heterocycles. The minimum atomic E-state index is -0.108. The van der Waals surface area contributed by atoms with Crippen molar-refractivity contribution in [1.82, 2.24) is 0 Å². The van der Waals surface area contributed by atoms with E-state index in [9.17, 15) is 5.11 Å². The molecule has 3 rings (SSSR count). The summed E-state index contributed by atoms with van der Waals surface area (Å²) in [6, 6.07) is 11.1. The average molecular weight is 232 g/mol. The van der Waals surface area contributed by atoms with E-state index in [1.54, 1.807) is 0 Å². The molecule has 2 nitrogen and oxygen atoms in total. The van der Waals surface area contributed by atoms with Gasteiger partial charge in [0.1, 0.15) is 6.04 Å². The maximum absolute atomic E-state index is 10.1. The zero-order chi connectivity index (χ0) is 11.7. The van der Waals surface area contributed by atoms with Gasteiger partial charge in [0.2, 0.25) is 0 Å². The lowest BCUT2D eigenvalue weighted by molar-refractivity contribution is -0.774. The number of hydrogen-bond donors (Lipinski definition) is 2. The lowest BCUT2D eigenvalue weighted by Gasteiger charge is -2.39. The first-order valence-electron chi connectivity index (χ1n) is 6.86. The summed E-state index contributed by atoms with van der Waals surface area (Å²) < 4.78 is 0. The van der Waals surface area contributed by atoms with Gasteiger partial charge in [-0.05, 0) is 12.8 Å². The standard InChI is InChI=1S/C15H21NO/c17-13-10-14(12-6-2-1-3-7-12)16-15(11-13)8-4-5-9-15/h1-3,6-7,13-14,16-17H,4-5,8-11H2/p+1/t13-,14-/m0/s1. The number of piperidine rings is 1. The highest BCUT2D eigenvalue weighted by Gasteiger charge is 2.45. The number of nitrogens with two attached hydrogens (primary N) is 1. The average Bonchev–Trinajstić information content (AvgIpc) is 2.77. The second-order valence-electron chi connectivity index (χ2n) is 5.85. The van der Waals surface area contributed by atoms with E-state index in [0.29, 0.717) is 11.6 Å². The molecule has 0 bridgehead atoms. The van der Waals surface area contributed by atoms with E-state index in [-0.39, 0.29) is 6.10 Å². The van der Waals surface area contributed by atoms with Gasteiger partial charge >= 0.3 is 0 Å². The second-order valence-corrected chi connectivity index (χ2v) is 5.85. The summed E-state index contributed by atoms with van der Waals surface area (Å²) in [6.07, 6.45) is 7.04. The zero-order valence-corrected chi connectivity index (χ0v) is 10.3. The van der Waals surface area contributed by atoms with Crippen molar-refractivity contribution in [3.05, 3.63) is 35.9 Å². The SMILES string of the molecule is O[C@H]1C[C@@H](c2ccccc2)[NH2+]C2(CCCC2)C1. The Labute approximate surface area is 103 Å². The molecule has 3 N–H and O–H groups in total. The fourth-order valence-electron chi connectivity index (χ4n) is 3.79. The molecule has 2 aliphatic rings. The van der Waals surface area contributed by atoms with Crippen LogP contribution in [0.5, 0.6) is 0 Å². The van der Waals surface area contributed by atoms with Crippen LogP contribution in [0.15, 0.2) is 30.3 Å². The summed E-state index contributed by atoms with van der Waals surface area (Å²) >= 11 is 0. The van der Waals surface area contributed by atoms with Crippen LogP contribution in [0.3, 0.4) is 0 Å². The van der Waals surface area contributed by atoms with Crippen molar-refractivity contribution < 1.29 is 10.4 Å². The number of rotatable bonds is 1. The Morgan fingerprint density at radius 2 is 1.82 bits per heavy atom. The highest BCUT2D eigenvalue weighted by molar-refractivity contribution is 5.18. The van der Waals surface area contributed by atoms with E-state index in [2.05, 4.69) is 35.6 Å². The smallest absolute Gasteiger partial charge is 0.114 e. The molecular formula is C15H22NO+. The maximum Gasteiger partial charge on any atom is 0.114 e. The lowest BCUT2D eigenvalue weighted by Crippen LogP contribution is -2.99. The van der Waals surface area contributed by atoms with Crippen LogP contribution in [0, 0.1) is 0 Å². The monoisotopic (exact) mass is 232 g/mol. The van der Waals surface area contributed by atoms with Gasteiger partial charge in [0, 0.05) is 31.2 Å². The molecule has 1 aliphatic carbocycles. The highest BCUT2D eigenvalue weighted by atomic mass is 16.3. The third kappa shape index (κ3) is 2.24. The van der Waals surface area contributed by atoms with Crippen molar-refractivity contribution in [2.24, 2.45) is 0 Å². The largest absolute Gasteiger partial charge is 0.393 e. The first-order valence-corrected chi connectivity index (χ1v) is 6.86. The summed E-state index contributed by atoms with van der Waals surface area (Å²) in [5.41, 5.74) is 1.72. The molecule has 1 spiro atoms. The van der Waals surface area contributed by atoms with E-state index in [0.717, 1.165) is 12.8 Å². The fraction of sp³-hybridized carbons (Fsp3) is 0.600. The third-order valence-corrected chi connectivity index (χ3v) is 4.55. The Morgan fingerprint density at radius 1 is 1.12 bits per heavy atom. The van der Waals surface area contributed by atoms with E-state index >= 15 is 0 Å². The Hall–Kier alpha value is -0.860. The molecular weight excluding hydrogens is 210 g/mol. The summed E-state index contributed by atoms with van der Waals surface area (Å²) in [5.74, 6) is 0. The van der Waals surface area contributed by atoms with Gasteiger partial charge in [-0.2, -0.15) is 0 Å². The number of benzene rings is 1. The first-order chi connectivity index (χ1) is 8.27. The Bertz CT molecular complexity index is 370. The van der Waals surface area contributed by atoms with Crippen molar-refractivity contribution >= 4 is 0 Å². The van der Waals surface area contributed by atoms with Gasteiger partial charge in [-0.25, -0.2) is 0 Å². The predicted octanol–water partition coefficient (Wildman–Crippen LogP) is 1.76. The molecule has 1 heterocycles. The van der Waals surface area contributed by atoms with Crippen LogP contribution < -0.4 is 5.32 Å². The Morgan fingerprint density at radius 3 is 2.53 bits per heavy atom. The third-order valence-electron chi connectivity index (χ3n) is 4.55. The molecule has 1 aliphatic heterocycles. The van der Waals surface area contributed by atoms with E-state index < -0.39 is 0 Å². The maximum atomic E-state index is 10.1. The molecule has 17 heavy (non-hydrogen) atoms. The summed E-state index contributed by atoms with van der Waals surface area (Å²) in [6.45, 7) is 0. The molecule has 1 aromatic rings. The molecule has 2 fully saturated rings. The van der Waals surface area contributed by atoms with Gasteiger partial charge in [0.25, 0.3) is 0 Å². The van der Waals surface area contributed by atoms with E-state index in [4.69, 9.17) is 0 Å². The molecule has 0 amide bonds. The molecule has 1 saturated carbocycles. The van der Waals surface area contributed by atoms with Gasteiger partial charge in [-0.15, -0.1) is 0 Å². The van der Waals surface area contributed by atoms with E-state index in [1.165, 1.54) is 31.2 Å². The summed E-state index contributed by atoms with van der Waals surface area (Å²) in [4.78, 5) is 0. The molecule has 2 atom stereocenters. The van der Waals surface area contributed by atoms with Crippen molar-refractivity contribution in [1.29, 1.82) is 0 Å². The Balaban J connectivity index is 1.82. The minimum absolute atomic E-state index is 0.108. The summed E-state index contributed by atoms with van der Waals surface area (Å²) in [5, 5.41) is 12.7. The number of aliphatic hydroxyl groups is 1. The van der Waals surface area contributed by atoms with Crippen LogP contribution in [-0.4, -0.2) is 16.7 Å². The van der Waals surface area contributed by atoms with Gasteiger partial charge in [-0.3, -0.25) is 0 Å². The Kier molecular flexibility index (Phi) is 2.93. The summed E-state index contributed by atoms with van der Waals surface area (Å²) in [7, 11) is 0. The molecule has 0 aromatic heterocycles. The number of quaternary nitrogens is 1. The van der Waals surface area contributed by atoms with Gasteiger partial charge < -0.3 is 10.4 Å². The zero-order valence-electron chi connectivity index (χ0n) is 10.3. The van der Waals surface area contributed by atoms with Crippen molar-refractivity contribution in [3.8, 4) is 0 Å². The fourth-order valence-corrected chi connectivity index (χ4v) is 3.79. The number of aliphatic hydroxyl groups excluding tert-OH is 1. The van der Waals surface area contributed by atoms with Crippen LogP contribution >= 0.6 is 0 Å². The predicted molar refractivity (Wildman–Crippen MR) is 67.5 cm³/mol. The molecule has 1 aromatic carbocycles. The normalized spacial score (nSPS) is 31.8. The second kappa shape index (κ2) is 4.43. The molecule has 0 radical (unpaired) electrons. The molecule has 0 unspecified atom stereocenters. The van der Waals surface area contributed by atoms with Gasteiger partial charge in [0.05, 0.1) is 11.6 Å². The van der Waals surface area contributed by atoms with Gasteiger partial charge in [0.15, 0.2) is 0 Å². The van der Waals surface area contributed by atoms with E-state index in [1.807, 2.05) is 0 Å². The van der Waals surface area contributed by atoms with Crippen LogP contribution in [0.4, 0.5) is 0 Å². The van der Waals surface area contributed by atoms with Crippen molar-refractivity contribution in [3.63, 3.8) is 0 Å². The van der Waals surface area contributed by atoms with Crippen LogP contribution in [0.2, 0.25) is 0 Å². The quantitative estimate of drug-likeness (QED) is 0.760. The van der Waals surface area contributed by atoms with Crippen LogP contribution in [0.25, 0.3) is 0 Å². The van der Waals surface area contributed by atoms with Crippen molar-refractivity contribution in [2.45, 2.75) is 56.2 Å². The lowest BCUT2D eigenvalue weighted by atomic mass is 9.81. The molecule has 92 valence electrons. The number of hydrogen-bond acceptors (Lipinski definition) is 1. The first kappa shape index (κ1) is 11.2. The van der Waals surface area contributed by atoms with Crippen molar-refractivity contribution in [2.75, 3.05) is 0 Å². The van der Waals surface area contributed by atoms with Crippen LogP contribution in [0.1, 0.15) is 50.1 Å². The van der Waals surface area contributed by atoms with Gasteiger partial charge in [-0.1, -0.05) is 30.3 Å². The van der Waals surface area contributed by atoms with Crippen LogP contribution in [-0.2, 0) is 0 Å². The molecule has 2 heteroatoms. The minimum Gasteiger partial charge on any atom is -0.393 e.